The number of rotatable bonds is 5. The molecule has 0 aromatic carbocycles. The van der Waals surface area contributed by atoms with Gasteiger partial charge in [0, 0.05) is 36.4 Å². The topological polar surface area (TPSA) is 95.9 Å². The van der Waals surface area contributed by atoms with Crippen LogP contribution in [0.2, 0.25) is 0 Å². The Morgan fingerprint density at radius 2 is 2.20 bits per heavy atom. The third-order valence-corrected chi connectivity index (χ3v) is 5.61. The number of carbonyl (C=O) groups excluding carboxylic acids is 2. The van der Waals surface area contributed by atoms with E-state index < -0.39 is 6.10 Å². The minimum atomic E-state index is -0.406. The van der Waals surface area contributed by atoms with E-state index >= 15 is 0 Å². The maximum Gasteiger partial charge on any atom is 0.272 e. The number of carbonyl (C=O) groups is 2. The summed E-state index contributed by atoms with van der Waals surface area (Å²) in [6.07, 6.45) is 2.74. The first-order chi connectivity index (χ1) is 14.3. The van der Waals surface area contributed by atoms with E-state index in [-0.39, 0.29) is 36.3 Å². The summed E-state index contributed by atoms with van der Waals surface area (Å²) in [6.45, 7) is 4.27. The molecule has 0 spiro atoms. The predicted molar refractivity (Wildman–Crippen MR) is 114 cm³/mol. The van der Waals surface area contributed by atoms with Crippen molar-refractivity contribution in [2.24, 2.45) is 5.92 Å². The highest BCUT2D eigenvalue weighted by Gasteiger charge is 2.34. The number of aromatic nitrogens is 2. The van der Waals surface area contributed by atoms with Gasteiger partial charge in [-0.25, -0.2) is 4.98 Å². The number of ether oxygens (including phenoxy) is 1. The number of hydrogen-bond acceptors (Lipinski definition) is 6. The van der Waals surface area contributed by atoms with Crippen molar-refractivity contribution >= 4 is 27.7 Å². The third kappa shape index (κ3) is 4.79. The van der Waals surface area contributed by atoms with Crippen LogP contribution in [0.3, 0.4) is 0 Å². The average molecular weight is 477 g/mol. The Labute approximate surface area is 184 Å². The molecule has 160 valence electrons. The van der Waals surface area contributed by atoms with E-state index in [9.17, 15) is 14.7 Å². The van der Waals surface area contributed by atoms with E-state index in [0.717, 1.165) is 0 Å². The number of halogens is 1. The van der Waals surface area contributed by atoms with Gasteiger partial charge in [-0.15, -0.1) is 0 Å². The van der Waals surface area contributed by atoms with Crippen LogP contribution in [0.25, 0.3) is 0 Å². The SMILES string of the molecule is C[C@@H]1CN([C@H](C)CO)C(=O)c2cc(Br)cnc2O[C@@H]1CN(C)C(=O)c1ccccn1. The summed E-state index contributed by atoms with van der Waals surface area (Å²) in [6, 6.07) is 6.49. The average Bonchev–Trinajstić information content (AvgIpc) is 2.76. The largest absolute Gasteiger partial charge is 0.472 e. The summed E-state index contributed by atoms with van der Waals surface area (Å²) in [5.41, 5.74) is 0.673. The van der Waals surface area contributed by atoms with E-state index in [1.165, 1.54) is 0 Å². The molecule has 0 fully saturated rings. The number of pyridine rings is 2. The molecular formula is C21H25BrN4O4. The first kappa shape index (κ1) is 22.2. The molecule has 0 bridgehead atoms. The van der Waals surface area contributed by atoms with Crippen LogP contribution in [0.5, 0.6) is 5.88 Å². The van der Waals surface area contributed by atoms with Crippen LogP contribution in [0.15, 0.2) is 41.1 Å². The number of fused-ring (bicyclic) bond motifs is 1. The lowest BCUT2D eigenvalue weighted by Gasteiger charge is -2.37. The van der Waals surface area contributed by atoms with Crippen LogP contribution in [0.4, 0.5) is 0 Å². The predicted octanol–water partition coefficient (Wildman–Crippen LogP) is 2.23. The van der Waals surface area contributed by atoms with Gasteiger partial charge in [-0.3, -0.25) is 14.6 Å². The molecule has 2 amide bonds. The van der Waals surface area contributed by atoms with Gasteiger partial charge >= 0.3 is 0 Å². The van der Waals surface area contributed by atoms with Gasteiger partial charge in [-0.05, 0) is 41.1 Å². The zero-order valence-electron chi connectivity index (χ0n) is 17.2. The lowest BCUT2D eigenvalue weighted by atomic mass is 10.00. The standard InChI is InChI=1S/C21H25BrN4O4/c1-13-10-26(14(2)12-27)20(28)16-8-15(22)9-24-19(16)30-18(13)11-25(3)21(29)17-6-4-5-7-23-17/h4-9,13-14,18,27H,10-12H2,1-3H3/t13-,14-,18-/m1/s1. The fraction of sp³-hybridized carbons (Fsp3) is 0.429. The van der Waals surface area contributed by atoms with Gasteiger partial charge in [0.05, 0.1) is 19.2 Å². The second kappa shape index (κ2) is 9.53. The molecule has 1 aliphatic heterocycles. The van der Waals surface area contributed by atoms with E-state index in [0.29, 0.717) is 28.8 Å². The van der Waals surface area contributed by atoms with E-state index in [2.05, 4.69) is 25.9 Å². The first-order valence-corrected chi connectivity index (χ1v) is 10.5. The number of likely N-dealkylation sites (N-methyl/N-ethyl adjacent to an activating group) is 1. The van der Waals surface area contributed by atoms with Crippen molar-refractivity contribution in [3.8, 4) is 5.88 Å². The third-order valence-electron chi connectivity index (χ3n) is 5.17. The summed E-state index contributed by atoms with van der Waals surface area (Å²) in [5.74, 6) is -0.355. The molecule has 0 saturated heterocycles. The minimum absolute atomic E-state index is 0.111. The Morgan fingerprint density at radius 3 is 2.87 bits per heavy atom. The molecule has 3 atom stereocenters. The molecule has 0 saturated carbocycles. The summed E-state index contributed by atoms with van der Waals surface area (Å²) >= 11 is 3.35. The number of nitrogens with zero attached hydrogens (tertiary/aromatic N) is 4. The molecule has 1 N–H and O–H groups in total. The summed E-state index contributed by atoms with van der Waals surface area (Å²) in [4.78, 5) is 37.4. The van der Waals surface area contributed by atoms with Gasteiger partial charge in [-0.1, -0.05) is 13.0 Å². The van der Waals surface area contributed by atoms with Crippen LogP contribution < -0.4 is 4.74 Å². The highest BCUT2D eigenvalue weighted by molar-refractivity contribution is 9.10. The molecule has 0 aliphatic carbocycles. The lowest BCUT2D eigenvalue weighted by Crippen LogP contribution is -2.50. The molecule has 8 nitrogen and oxygen atoms in total. The molecule has 3 heterocycles. The normalized spacial score (nSPS) is 19.9. The Morgan fingerprint density at radius 1 is 1.43 bits per heavy atom. The van der Waals surface area contributed by atoms with Crippen LogP contribution in [0.1, 0.15) is 34.7 Å². The second-order valence-electron chi connectivity index (χ2n) is 7.53. The zero-order valence-corrected chi connectivity index (χ0v) is 18.7. The number of amides is 2. The summed E-state index contributed by atoms with van der Waals surface area (Å²) in [7, 11) is 1.70. The van der Waals surface area contributed by atoms with Crippen molar-refractivity contribution in [3.05, 3.63) is 52.4 Å². The van der Waals surface area contributed by atoms with Crippen LogP contribution in [0, 0.1) is 5.92 Å². The number of hydrogen-bond donors (Lipinski definition) is 1. The highest BCUT2D eigenvalue weighted by atomic mass is 79.9. The first-order valence-electron chi connectivity index (χ1n) is 9.72. The Kier molecular flexibility index (Phi) is 7.04. The summed E-state index contributed by atoms with van der Waals surface area (Å²) in [5, 5.41) is 9.66. The van der Waals surface area contributed by atoms with Crippen molar-refractivity contribution in [1.29, 1.82) is 0 Å². The molecular weight excluding hydrogens is 452 g/mol. The maximum absolute atomic E-state index is 13.1. The zero-order chi connectivity index (χ0) is 21.8. The smallest absolute Gasteiger partial charge is 0.272 e. The van der Waals surface area contributed by atoms with Gasteiger partial charge in [0.15, 0.2) is 0 Å². The Balaban J connectivity index is 1.90. The maximum atomic E-state index is 13.1. The second-order valence-corrected chi connectivity index (χ2v) is 8.45. The Hall–Kier alpha value is -2.52. The highest BCUT2D eigenvalue weighted by Crippen LogP contribution is 2.28. The molecule has 2 aromatic rings. The lowest BCUT2D eigenvalue weighted by molar-refractivity contribution is 0.0312. The van der Waals surface area contributed by atoms with E-state index in [4.69, 9.17) is 4.74 Å². The van der Waals surface area contributed by atoms with Crippen molar-refractivity contribution in [3.63, 3.8) is 0 Å². The fourth-order valence-corrected chi connectivity index (χ4v) is 3.66. The van der Waals surface area contributed by atoms with Crippen molar-refractivity contribution in [2.75, 3.05) is 26.7 Å². The van der Waals surface area contributed by atoms with Gasteiger partial charge in [0.25, 0.3) is 11.8 Å². The van der Waals surface area contributed by atoms with Crippen LogP contribution in [-0.2, 0) is 0 Å². The number of aliphatic hydroxyl groups is 1. The van der Waals surface area contributed by atoms with Crippen LogP contribution in [-0.4, -0.2) is 75.6 Å². The van der Waals surface area contributed by atoms with Gasteiger partial charge in [0.2, 0.25) is 5.88 Å². The molecule has 2 aromatic heterocycles. The molecule has 0 radical (unpaired) electrons. The van der Waals surface area contributed by atoms with Crippen molar-refractivity contribution in [1.82, 2.24) is 19.8 Å². The monoisotopic (exact) mass is 476 g/mol. The fourth-order valence-electron chi connectivity index (χ4n) is 3.33. The summed E-state index contributed by atoms with van der Waals surface area (Å²) < 4.78 is 6.79. The molecule has 30 heavy (non-hydrogen) atoms. The van der Waals surface area contributed by atoms with Crippen molar-refractivity contribution < 1.29 is 19.4 Å². The minimum Gasteiger partial charge on any atom is -0.472 e. The quantitative estimate of drug-likeness (QED) is 0.710. The van der Waals surface area contributed by atoms with Gasteiger partial charge in [-0.2, -0.15) is 0 Å². The molecule has 1 aliphatic rings. The van der Waals surface area contributed by atoms with Gasteiger partial charge < -0.3 is 19.6 Å². The number of aliphatic hydroxyl groups excluding tert-OH is 1. The van der Waals surface area contributed by atoms with Crippen LogP contribution >= 0.6 is 15.9 Å². The molecule has 3 rings (SSSR count). The molecule has 0 unspecified atom stereocenters. The van der Waals surface area contributed by atoms with Crippen molar-refractivity contribution in [2.45, 2.75) is 26.0 Å². The Bertz CT molecular complexity index is 911. The van der Waals surface area contributed by atoms with Gasteiger partial charge in [0.1, 0.15) is 17.4 Å². The van der Waals surface area contributed by atoms with E-state index in [1.807, 2.05) is 6.92 Å². The van der Waals surface area contributed by atoms with E-state index in [1.54, 1.807) is 60.4 Å². The molecule has 9 heteroatoms.